The van der Waals surface area contributed by atoms with Gasteiger partial charge in [0.2, 0.25) is 10.0 Å². The molecule has 0 amide bonds. The minimum Gasteiger partial charge on any atom is -0.494 e. The number of sulfonamides is 1. The average Bonchev–Trinajstić information content (AvgIpc) is 2.84. The number of fused-ring (bicyclic) bond motifs is 1. The van der Waals surface area contributed by atoms with Crippen molar-refractivity contribution < 1.29 is 17.5 Å². The van der Waals surface area contributed by atoms with Crippen LogP contribution in [0.25, 0.3) is 0 Å². The molecule has 0 unspecified atom stereocenters. The molecule has 8 heteroatoms. The zero-order valence-electron chi connectivity index (χ0n) is 19.7. The van der Waals surface area contributed by atoms with Gasteiger partial charge in [-0.3, -0.25) is 4.90 Å². The zero-order chi connectivity index (χ0) is 24.3. The van der Waals surface area contributed by atoms with E-state index in [0.29, 0.717) is 0 Å². The molecule has 6 nitrogen and oxygen atoms in total. The van der Waals surface area contributed by atoms with Crippen molar-refractivity contribution >= 4 is 15.7 Å². The Morgan fingerprint density at radius 1 is 1.06 bits per heavy atom. The molecule has 1 N–H and O–H groups in total. The van der Waals surface area contributed by atoms with E-state index < -0.39 is 15.8 Å². The largest absolute Gasteiger partial charge is 0.494 e. The number of halogens is 1. The van der Waals surface area contributed by atoms with Crippen molar-refractivity contribution in [1.29, 1.82) is 0 Å². The second-order valence-electron chi connectivity index (χ2n) is 8.64. The van der Waals surface area contributed by atoms with Gasteiger partial charge < -0.3 is 9.64 Å². The number of anilines is 1. The van der Waals surface area contributed by atoms with Crippen molar-refractivity contribution in [3.05, 3.63) is 89.2 Å². The van der Waals surface area contributed by atoms with Crippen molar-refractivity contribution in [2.24, 2.45) is 0 Å². The summed E-state index contributed by atoms with van der Waals surface area (Å²) in [5.41, 5.74) is 4.67. The molecule has 0 fully saturated rings. The van der Waals surface area contributed by atoms with E-state index in [1.165, 1.54) is 30.4 Å². The van der Waals surface area contributed by atoms with Gasteiger partial charge in [-0.15, -0.1) is 0 Å². The number of ether oxygens (including phenoxy) is 1. The summed E-state index contributed by atoms with van der Waals surface area (Å²) in [5.74, 6) is -0.710. The van der Waals surface area contributed by atoms with E-state index in [1.807, 2.05) is 55.4 Å². The smallest absolute Gasteiger partial charge is 0.240 e. The number of rotatable bonds is 8. The molecule has 3 aromatic rings. The van der Waals surface area contributed by atoms with E-state index in [-0.39, 0.29) is 23.2 Å². The van der Waals surface area contributed by atoms with Crippen molar-refractivity contribution in [2.45, 2.75) is 23.9 Å². The highest BCUT2D eigenvalue weighted by molar-refractivity contribution is 7.89. The summed E-state index contributed by atoms with van der Waals surface area (Å²) in [4.78, 5) is 4.19. The fourth-order valence-corrected chi connectivity index (χ4v) is 5.37. The van der Waals surface area contributed by atoms with E-state index in [2.05, 4.69) is 21.8 Å². The van der Waals surface area contributed by atoms with Crippen LogP contribution in [0.5, 0.6) is 5.75 Å². The average molecular weight is 484 g/mol. The van der Waals surface area contributed by atoms with E-state index >= 15 is 0 Å². The third-order valence-corrected chi connectivity index (χ3v) is 7.72. The molecule has 180 valence electrons. The summed E-state index contributed by atoms with van der Waals surface area (Å²) in [6.45, 7) is 1.71. The first-order chi connectivity index (χ1) is 16.3. The molecule has 0 spiro atoms. The standard InChI is InChI=1S/C26H30FN3O3S/c1-29(2)22-10-8-20(9-11-22)25(30-15-14-19-6-4-5-7-21(19)18-30)17-28-34(31,32)23-12-13-26(33-3)24(27)16-23/h4-13,16,25,28H,14-15,17-18H2,1-3H3/t25-/m0/s1. The highest BCUT2D eigenvalue weighted by Crippen LogP contribution is 2.29. The van der Waals surface area contributed by atoms with Gasteiger partial charge in [0.1, 0.15) is 0 Å². The zero-order valence-corrected chi connectivity index (χ0v) is 20.5. The number of methoxy groups -OCH3 is 1. The molecule has 1 heterocycles. The molecule has 1 aliphatic rings. The van der Waals surface area contributed by atoms with E-state index in [0.717, 1.165) is 36.8 Å². The third kappa shape index (κ3) is 5.24. The molecular weight excluding hydrogens is 453 g/mol. The lowest BCUT2D eigenvalue weighted by atomic mass is 9.96. The summed E-state index contributed by atoms with van der Waals surface area (Å²) >= 11 is 0. The van der Waals surface area contributed by atoms with E-state index in [9.17, 15) is 12.8 Å². The fourth-order valence-electron chi connectivity index (χ4n) is 4.32. The summed E-state index contributed by atoms with van der Waals surface area (Å²) in [7, 11) is 1.39. The van der Waals surface area contributed by atoms with Crippen LogP contribution >= 0.6 is 0 Å². The van der Waals surface area contributed by atoms with E-state index in [1.54, 1.807) is 0 Å². The Balaban J connectivity index is 1.60. The molecule has 0 radical (unpaired) electrons. The highest BCUT2D eigenvalue weighted by atomic mass is 32.2. The van der Waals surface area contributed by atoms with Gasteiger partial charge in [-0.2, -0.15) is 0 Å². The van der Waals surface area contributed by atoms with Gasteiger partial charge in [0.25, 0.3) is 0 Å². The first-order valence-corrected chi connectivity index (χ1v) is 12.7. The Labute approximate surface area is 201 Å². The topological polar surface area (TPSA) is 61.9 Å². The van der Waals surface area contributed by atoms with Gasteiger partial charge in [0.05, 0.1) is 12.0 Å². The molecule has 4 rings (SSSR count). The maximum atomic E-state index is 14.1. The summed E-state index contributed by atoms with van der Waals surface area (Å²) in [5, 5.41) is 0. The molecular formula is C26H30FN3O3S. The number of benzene rings is 3. The van der Waals surface area contributed by atoms with Crippen molar-refractivity contribution in [1.82, 2.24) is 9.62 Å². The van der Waals surface area contributed by atoms with Gasteiger partial charge >= 0.3 is 0 Å². The van der Waals surface area contributed by atoms with Crippen molar-refractivity contribution in [3.8, 4) is 5.75 Å². The van der Waals surface area contributed by atoms with Crippen LogP contribution in [0.2, 0.25) is 0 Å². The van der Waals surface area contributed by atoms with Crippen LogP contribution in [0.3, 0.4) is 0 Å². The van der Waals surface area contributed by atoms with Crippen molar-refractivity contribution in [2.75, 3.05) is 39.2 Å². The lowest BCUT2D eigenvalue weighted by Gasteiger charge is -2.36. The SMILES string of the molecule is COc1ccc(S(=O)(=O)NC[C@@H](c2ccc(N(C)C)cc2)N2CCc3ccccc3C2)cc1F. The van der Waals surface area contributed by atoms with Gasteiger partial charge in [0, 0.05) is 45.5 Å². The first kappa shape index (κ1) is 24.2. The molecule has 0 saturated heterocycles. The first-order valence-electron chi connectivity index (χ1n) is 11.2. The molecule has 0 bridgehead atoms. The van der Waals surface area contributed by atoms with Crippen molar-refractivity contribution in [3.63, 3.8) is 0 Å². The molecule has 34 heavy (non-hydrogen) atoms. The lowest BCUT2D eigenvalue weighted by Crippen LogP contribution is -2.40. The Hall–Kier alpha value is -2.94. The predicted octanol–water partition coefficient (Wildman–Crippen LogP) is 3.98. The Morgan fingerprint density at radius 2 is 1.76 bits per heavy atom. The molecule has 0 aromatic heterocycles. The monoisotopic (exact) mass is 483 g/mol. The van der Waals surface area contributed by atoms with E-state index in [4.69, 9.17) is 4.74 Å². The molecule has 3 aromatic carbocycles. The van der Waals surface area contributed by atoms with Crippen LogP contribution in [-0.4, -0.2) is 47.6 Å². The summed E-state index contributed by atoms with van der Waals surface area (Å²) in [6, 6.07) is 20.0. The Kier molecular flexibility index (Phi) is 7.21. The maximum absolute atomic E-state index is 14.1. The lowest BCUT2D eigenvalue weighted by molar-refractivity contribution is 0.180. The highest BCUT2D eigenvalue weighted by Gasteiger charge is 2.27. The summed E-state index contributed by atoms with van der Waals surface area (Å²) < 4.78 is 47.8. The molecule has 0 aliphatic carbocycles. The second-order valence-corrected chi connectivity index (χ2v) is 10.4. The predicted molar refractivity (Wildman–Crippen MR) is 132 cm³/mol. The van der Waals surface area contributed by atoms with Gasteiger partial charge in [0.15, 0.2) is 11.6 Å². The minimum absolute atomic E-state index is 0.00444. The van der Waals surface area contributed by atoms with Crippen LogP contribution in [-0.2, 0) is 23.0 Å². The fraction of sp³-hybridized carbons (Fsp3) is 0.308. The van der Waals surface area contributed by atoms with Gasteiger partial charge in [-0.05, 0) is 53.4 Å². The van der Waals surface area contributed by atoms with Gasteiger partial charge in [-0.1, -0.05) is 36.4 Å². The molecule has 1 aliphatic heterocycles. The number of nitrogens with one attached hydrogen (secondary N) is 1. The third-order valence-electron chi connectivity index (χ3n) is 6.30. The molecule has 1 atom stereocenters. The van der Waals surface area contributed by atoms with Gasteiger partial charge in [-0.25, -0.2) is 17.5 Å². The maximum Gasteiger partial charge on any atom is 0.240 e. The van der Waals surface area contributed by atoms with Crippen LogP contribution in [0.15, 0.2) is 71.6 Å². The Bertz CT molecular complexity index is 1250. The Morgan fingerprint density at radius 3 is 2.41 bits per heavy atom. The number of nitrogens with zero attached hydrogens (tertiary/aromatic N) is 2. The number of hydrogen-bond donors (Lipinski definition) is 1. The van der Waals surface area contributed by atoms with Crippen LogP contribution < -0.4 is 14.4 Å². The second kappa shape index (κ2) is 10.1. The molecule has 0 saturated carbocycles. The summed E-state index contributed by atoms with van der Waals surface area (Å²) in [6.07, 6.45) is 0.902. The quantitative estimate of drug-likeness (QED) is 0.525. The van der Waals surface area contributed by atoms with Crippen LogP contribution in [0, 0.1) is 5.82 Å². The van der Waals surface area contributed by atoms with Crippen LogP contribution in [0.1, 0.15) is 22.7 Å². The normalized spacial score (nSPS) is 14.9. The minimum atomic E-state index is -3.91. The van der Waals surface area contributed by atoms with Crippen LogP contribution in [0.4, 0.5) is 10.1 Å². The number of hydrogen-bond acceptors (Lipinski definition) is 5.